The number of Topliss-reactive ketones (excluding diaryl/α,β-unsaturated/α-hetero) is 1. The van der Waals surface area contributed by atoms with Crippen LogP contribution in [0.2, 0.25) is 0 Å². The highest BCUT2D eigenvalue weighted by Crippen LogP contribution is 2.73. The number of nitrogens with zero attached hydrogens (tertiary/aromatic N) is 6. The van der Waals surface area contributed by atoms with Crippen molar-refractivity contribution in [1.82, 2.24) is 29.8 Å². The Balaban J connectivity index is 0.931. The van der Waals surface area contributed by atoms with E-state index in [-0.39, 0.29) is 27.9 Å². The van der Waals surface area contributed by atoms with Gasteiger partial charge in [0, 0.05) is 40.7 Å². The van der Waals surface area contributed by atoms with E-state index in [2.05, 4.69) is 20.2 Å². The number of hydrogen-bond acceptors (Lipinski definition) is 7. The van der Waals surface area contributed by atoms with E-state index in [4.69, 9.17) is 4.52 Å². The van der Waals surface area contributed by atoms with E-state index in [9.17, 15) is 9.59 Å². The molecule has 174 valence electrons. The summed E-state index contributed by atoms with van der Waals surface area (Å²) >= 11 is 0. The van der Waals surface area contributed by atoms with Crippen LogP contribution in [0.4, 0.5) is 0 Å². The Morgan fingerprint density at radius 3 is 2.42 bits per heavy atom. The summed E-state index contributed by atoms with van der Waals surface area (Å²) in [5, 5.41) is 8.85. The predicted molar refractivity (Wildman–Crippen MR) is 115 cm³/mol. The normalized spacial score (nSPS) is 32.0. The lowest BCUT2D eigenvalue weighted by Crippen LogP contribution is -2.72. The van der Waals surface area contributed by atoms with Gasteiger partial charge in [-0.25, -0.2) is 9.67 Å². The topological polar surface area (TPSA) is 107 Å². The van der Waals surface area contributed by atoms with Crippen LogP contribution in [0.1, 0.15) is 95.2 Å². The van der Waals surface area contributed by atoms with Crippen molar-refractivity contribution < 1.29 is 14.1 Å². The molecule has 8 rings (SSSR count). The molecule has 9 nitrogen and oxygen atoms in total. The molecule has 0 aromatic carbocycles. The fourth-order valence-corrected chi connectivity index (χ4v) is 6.66. The summed E-state index contributed by atoms with van der Waals surface area (Å²) in [5.74, 6) is 2.38. The largest absolute Gasteiger partial charge is 0.339 e. The van der Waals surface area contributed by atoms with Crippen LogP contribution in [-0.2, 0) is 20.4 Å². The summed E-state index contributed by atoms with van der Waals surface area (Å²) in [4.78, 5) is 36.8. The molecule has 2 aromatic rings. The van der Waals surface area contributed by atoms with E-state index in [0.717, 1.165) is 18.7 Å². The van der Waals surface area contributed by atoms with Crippen molar-refractivity contribution in [2.75, 3.05) is 13.1 Å². The second kappa shape index (κ2) is 5.91. The highest BCUT2D eigenvalue weighted by atomic mass is 16.5. The zero-order chi connectivity index (χ0) is 22.8. The highest BCUT2D eigenvalue weighted by Gasteiger charge is 2.75. The number of amides is 1. The third-order valence-corrected chi connectivity index (χ3v) is 8.77. The lowest BCUT2D eigenvalue weighted by atomic mass is 9.33. The molecule has 9 heteroatoms. The summed E-state index contributed by atoms with van der Waals surface area (Å²) < 4.78 is 7.46. The molecule has 33 heavy (non-hydrogen) atoms. The summed E-state index contributed by atoms with van der Waals surface area (Å²) in [7, 11) is 0. The Bertz CT molecular complexity index is 1150. The number of aromatic nitrogens is 5. The van der Waals surface area contributed by atoms with Gasteiger partial charge < -0.3 is 9.42 Å². The molecular weight excluding hydrogens is 420 g/mol. The summed E-state index contributed by atoms with van der Waals surface area (Å²) in [6.45, 7) is 7.50. The van der Waals surface area contributed by atoms with Crippen LogP contribution in [0.15, 0.2) is 10.9 Å². The lowest BCUT2D eigenvalue weighted by Gasteiger charge is -2.68. The zero-order valence-corrected chi connectivity index (χ0v) is 19.5. The van der Waals surface area contributed by atoms with Crippen LogP contribution in [0.3, 0.4) is 0 Å². The van der Waals surface area contributed by atoms with Gasteiger partial charge in [-0.2, -0.15) is 10.1 Å². The van der Waals surface area contributed by atoms with Crippen LogP contribution >= 0.6 is 0 Å². The van der Waals surface area contributed by atoms with Gasteiger partial charge in [0.05, 0.1) is 6.04 Å². The van der Waals surface area contributed by atoms with E-state index in [1.165, 1.54) is 12.8 Å². The van der Waals surface area contributed by atoms with E-state index < -0.39 is 5.41 Å². The fraction of sp³-hybridized carbons (Fsp3) is 0.750. The van der Waals surface area contributed by atoms with E-state index in [1.54, 1.807) is 4.90 Å². The van der Waals surface area contributed by atoms with Gasteiger partial charge in [-0.05, 0) is 44.9 Å². The van der Waals surface area contributed by atoms with Crippen LogP contribution in [0.5, 0.6) is 0 Å². The van der Waals surface area contributed by atoms with E-state index >= 15 is 0 Å². The molecular formula is C24H30N6O3. The SMILES string of the molecule is CC(C)(C)c1nc(C23CC(C(=O)C(=O)N4CC5(CC(n6cnc(C7CC7)n6)C5)C4)(C2)C3)no1. The molecule has 5 saturated carbocycles. The molecule has 2 aromatic heterocycles. The number of hydrogen-bond donors (Lipinski definition) is 0. The minimum atomic E-state index is -0.496. The van der Waals surface area contributed by atoms with Gasteiger partial charge in [-0.3, -0.25) is 9.59 Å². The first-order valence-electron chi connectivity index (χ1n) is 12.2. The van der Waals surface area contributed by atoms with Gasteiger partial charge in [0.1, 0.15) is 6.33 Å². The Morgan fingerprint density at radius 2 is 1.82 bits per heavy atom. The Morgan fingerprint density at radius 1 is 1.12 bits per heavy atom. The van der Waals surface area contributed by atoms with Crippen molar-refractivity contribution in [2.45, 2.75) is 88.5 Å². The van der Waals surface area contributed by atoms with Gasteiger partial charge in [-0.15, -0.1) is 0 Å². The minimum absolute atomic E-state index is 0.168. The average Bonchev–Trinajstić information content (AvgIpc) is 3.15. The summed E-state index contributed by atoms with van der Waals surface area (Å²) in [5.41, 5.74) is -0.692. The maximum absolute atomic E-state index is 13.1. The van der Waals surface area contributed by atoms with Gasteiger partial charge in [-0.1, -0.05) is 25.9 Å². The predicted octanol–water partition coefficient (Wildman–Crippen LogP) is 2.69. The molecule has 1 spiro atoms. The van der Waals surface area contributed by atoms with Crippen molar-refractivity contribution in [3.63, 3.8) is 0 Å². The van der Waals surface area contributed by atoms with Gasteiger partial charge in [0.25, 0.3) is 5.91 Å². The molecule has 1 aliphatic heterocycles. The quantitative estimate of drug-likeness (QED) is 0.645. The fourth-order valence-electron chi connectivity index (χ4n) is 6.66. The highest BCUT2D eigenvalue weighted by molar-refractivity contribution is 6.39. The molecule has 0 atom stereocenters. The van der Waals surface area contributed by atoms with E-state index in [1.807, 2.05) is 31.8 Å². The molecule has 5 aliphatic carbocycles. The number of carbonyl (C=O) groups excluding carboxylic acids is 2. The van der Waals surface area contributed by atoms with Crippen molar-refractivity contribution in [1.29, 1.82) is 0 Å². The van der Waals surface area contributed by atoms with Crippen molar-refractivity contribution >= 4 is 11.7 Å². The van der Waals surface area contributed by atoms with Gasteiger partial charge >= 0.3 is 0 Å². The molecule has 0 N–H and O–H groups in total. The second-order valence-electron chi connectivity index (χ2n) is 12.7. The summed E-state index contributed by atoms with van der Waals surface area (Å²) in [6, 6.07) is 0.378. The van der Waals surface area contributed by atoms with Crippen LogP contribution in [0.25, 0.3) is 0 Å². The lowest BCUT2D eigenvalue weighted by molar-refractivity contribution is -0.188. The molecule has 1 amide bonds. The van der Waals surface area contributed by atoms with Gasteiger partial charge in [0.2, 0.25) is 11.7 Å². The van der Waals surface area contributed by atoms with Crippen molar-refractivity contribution in [3.05, 3.63) is 23.9 Å². The van der Waals surface area contributed by atoms with Crippen LogP contribution in [0, 0.1) is 10.8 Å². The smallest absolute Gasteiger partial charge is 0.290 e. The summed E-state index contributed by atoms with van der Waals surface area (Å²) in [6.07, 6.45) is 8.32. The molecule has 6 fully saturated rings. The third-order valence-electron chi connectivity index (χ3n) is 8.77. The number of likely N-dealkylation sites (tertiary alicyclic amines) is 1. The first kappa shape index (κ1) is 19.9. The van der Waals surface area contributed by atoms with E-state index in [0.29, 0.717) is 56.0 Å². The molecule has 6 aliphatic rings. The molecule has 3 heterocycles. The molecule has 2 bridgehead atoms. The number of rotatable bonds is 5. The maximum Gasteiger partial charge on any atom is 0.290 e. The Kier molecular flexibility index (Phi) is 3.55. The third kappa shape index (κ3) is 2.71. The van der Waals surface area contributed by atoms with Crippen molar-refractivity contribution in [2.24, 2.45) is 10.8 Å². The van der Waals surface area contributed by atoms with Crippen LogP contribution < -0.4 is 0 Å². The monoisotopic (exact) mass is 450 g/mol. The first-order valence-corrected chi connectivity index (χ1v) is 12.2. The van der Waals surface area contributed by atoms with Crippen LogP contribution in [-0.4, -0.2) is 54.6 Å². The number of carbonyl (C=O) groups is 2. The minimum Gasteiger partial charge on any atom is -0.339 e. The maximum atomic E-state index is 13.1. The first-order chi connectivity index (χ1) is 15.6. The molecule has 0 radical (unpaired) electrons. The second-order valence-corrected chi connectivity index (χ2v) is 12.7. The van der Waals surface area contributed by atoms with Gasteiger partial charge in [0.15, 0.2) is 11.6 Å². The average molecular weight is 451 g/mol. The number of ketones is 1. The standard InChI is InChI=1S/C24H30N6O3/c1-21(2,3)20-26-19(28-33-20)24-8-23(9-24,10-24)16(31)18(32)29-11-22(12-29)6-15(7-22)30-13-25-17(27-30)14-4-5-14/h13-15H,4-12H2,1-3H3. The Labute approximate surface area is 192 Å². The Hall–Kier alpha value is -2.58. The molecule has 1 saturated heterocycles. The zero-order valence-electron chi connectivity index (χ0n) is 19.5. The van der Waals surface area contributed by atoms with Crippen molar-refractivity contribution in [3.8, 4) is 0 Å². The molecule has 0 unspecified atom stereocenters.